The Morgan fingerprint density at radius 2 is 1.96 bits per heavy atom. The number of rotatable bonds is 4. The lowest BCUT2D eigenvalue weighted by molar-refractivity contribution is -0.147. The summed E-state index contributed by atoms with van der Waals surface area (Å²) in [6.07, 6.45) is 2.85. The zero-order valence-corrected chi connectivity index (χ0v) is 16.9. The Labute approximate surface area is 167 Å². The summed E-state index contributed by atoms with van der Waals surface area (Å²) >= 11 is 0. The summed E-state index contributed by atoms with van der Waals surface area (Å²) in [4.78, 5) is 32.0. The fraction of sp³-hybridized carbons (Fsp3) is 0.636. The number of carbonyl (C=O) groups is 2. The second kappa shape index (κ2) is 8.21. The third kappa shape index (κ3) is 4.08. The number of aryl methyl sites for hydroxylation is 1. The van der Waals surface area contributed by atoms with E-state index in [2.05, 4.69) is 36.1 Å². The lowest BCUT2D eigenvalue weighted by atomic mass is 9.78. The lowest BCUT2D eigenvalue weighted by Gasteiger charge is -2.39. The predicted molar refractivity (Wildman–Crippen MR) is 107 cm³/mol. The maximum Gasteiger partial charge on any atom is 0.236 e. The van der Waals surface area contributed by atoms with Gasteiger partial charge in [0.1, 0.15) is 0 Å². The van der Waals surface area contributed by atoms with E-state index < -0.39 is 0 Å². The molecule has 0 saturated carbocycles. The van der Waals surface area contributed by atoms with Gasteiger partial charge in [0.25, 0.3) is 0 Å². The molecule has 6 heteroatoms. The summed E-state index contributed by atoms with van der Waals surface area (Å²) in [6, 6.07) is 8.41. The molecular weight excluding hydrogens is 354 g/mol. The largest absolute Gasteiger partial charge is 0.378 e. The normalized spacial score (nSPS) is 26.2. The van der Waals surface area contributed by atoms with Crippen LogP contribution in [0.25, 0.3) is 0 Å². The van der Waals surface area contributed by atoms with Crippen molar-refractivity contribution in [3.63, 3.8) is 0 Å². The summed E-state index contributed by atoms with van der Waals surface area (Å²) in [6.45, 7) is 8.20. The van der Waals surface area contributed by atoms with E-state index in [1.54, 1.807) is 0 Å². The van der Waals surface area contributed by atoms with E-state index in [0.29, 0.717) is 45.9 Å². The van der Waals surface area contributed by atoms with Crippen LogP contribution in [0, 0.1) is 12.3 Å². The highest BCUT2D eigenvalue weighted by molar-refractivity contribution is 5.84. The van der Waals surface area contributed by atoms with E-state index in [1.165, 1.54) is 11.1 Å². The van der Waals surface area contributed by atoms with Crippen molar-refractivity contribution in [2.24, 2.45) is 5.41 Å². The van der Waals surface area contributed by atoms with Gasteiger partial charge in [-0.2, -0.15) is 0 Å². The van der Waals surface area contributed by atoms with E-state index in [-0.39, 0.29) is 17.2 Å². The predicted octanol–water partition coefficient (Wildman–Crippen LogP) is 1.67. The molecule has 0 N–H and O–H groups in total. The van der Waals surface area contributed by atoms with Crippen molar-refractivity contribution < 1.29 is 14.3 Å². The molecule has 0 radical (unpaired) electrons. The Hall–Kier alpha value is -1.92. The standard InChI is InChI=1S/C22H31N3O3/c1-18-4-2-5-19(14-18)15-25-8-3-6-22(21(25)27)7-9-23(17-22)16-20(26)24-10-12-28-13-11-24/h2,4-5,14H,3,6-13,15-17H2,1H3/t22-/m1/s1. The van der Waals surface area contributed by atoms with Crippen molar-refractivity contribution >= 4 is 11.8 Å². The molecule has 28 heavy (non-hydrogen) atoms. The SMILES string of the molecule is Cc1cccc(CN2CCC[C@]3(CCN(CC(=O)N4CCOCC4)C3)C2=O)c1. The van der Waals surface area contributed by atoms with Crippen LogP contribution in [-0.4, -0.2) is 79.0 Å². The van der Waals surface area contributed by atoms with Crippen molar-refractivity contribution in [1.29, 1.82) is 0 Å². The molecule has 3 aliphatic heterocycles. The molecule has 4 rings (SSSR count). The van der Waals surface area contributed by atoms with Gasteiger partial charge in [-0.15, -0.1) is 0 Å². The molecule has 1 aromatic carbocycles. The third-order valence-electron chi connectivity index (χ3n) is 6.44. The Bertz CT molecular complexity index is 731. The highest BCUT2D eigenvalue weighted by Crippen LogP contribution is 2.40. The lowest BCUT2D eigenvalue weighted by Crippen LogP contribution is -2.50. The first-order chi connectivity index (χ1) is 13.6. The molecule has 0 unspecified atom stereocenters. The van der Waals surface area contributed by atoms with Crippen LogP contribution in [0.5, 0.6) is 0 Å². The Morgan fingerprint density at radius 3 is 2.75 bits per heavy atom. The quantitative estimate of drug-likeness (QED) is 0.791. The van der Waals surface area contributed by atoms with Crippen molar-refractivity contribution in [2.45, 2.75) is 32.7 Å². The second-order valence-corrected chi connectivity index (χ2v) is 8.55. The maximum absolute atomic E-state index is 13.4. The van der Waals surface area contributed by atoms with Gasteiger partial charge < -0.3 is 14.5 Å². The molecule has 3 heterocycles. The molecule has 3 saturated heterocycles. The number of benzene rings is 1. The Morgan fingerprint density at radius 1 is 1.14 bits per heavy atom. The minimum absolute atomic E-state index is 0.167. The number of nitrogens with zero attached hydrogens (tertiary/aromatic N) is 3. The smallest absolute Gasteiger partial charge is 0.236 e. The zero-order chi connectivity index (χ0) is 19.6. The zero-order valence-electron chi connectivity index (χ0n) is 16.9. The molecule has 3 fully saturated rings. The summed E-state index contributed by atoms with van der Waals surface area (Å²) in [7, 11) is 0. The number of piperidine rings is 1. The van der Waals surface area contributed by atoms with Gasteiger partial charge in [0.15, 0.2) is 0 Å². The number of hydrogen-bond acceptors (Lipinski definition) is 4. The molecule has 1 spiro atoms. The van der Waals surface area contributed by atoms with Crippen LogP contribution >= 0.6 is 0 Å². The fourth-order valence-electron chi connectivity index (χ4n) is 4.91. The number of amides is 2. The van der Waals surface area contributed by atoms with Crippen molar-refractivity contribution in [3.05, 3.63) is 35.4 Å². The molecule has 2 amide bonds. The maximum atomic E-state index is 13.4. The van der Waals surface area contributed by atoms with Gasteiger partial charge in [0, 0.05) is 32.7 Å². The van der Waals surface area contributed by atoms with Crippen molar-refractivity contribution in [3.8, 4) is 0 Å². The monoisotopic (exact) mass is 385 g/mol. The van der Waals surface area contributed by atoms with Crippen LogP contribution in [0.4, 0.5) is 0 Å². The molecule has 3 aliphatic rings. The van der Waals surface area contributed by atoms with Gasteiger partial charge >= 0.3 is 0 Å². The molecule has 1 atom stereocenters. The summed E-state index contributed by atoms with van der Waals surface area (Å²) in [5.41, 5.74) is 2.13. The van der Waals surface area contributed by atoms with Gasteiger partial charge in [-0.3, -0.25) is 14.5 Å². The molecule has 0 aromatic heterocycles. The first-order valence-electron chi connectivity index (χ1n) is 10.5. The van der Waals surface area contributed by atoms with E-state index in [4.69, 9.17) is 4.74 Å². The number of morpholine rings is 1. The van der Waals surface area contributed by atoms with E-state index >= 15 is 0 Å². The van der Waals surface area contributed by atoms with Crippen LogP contribution in [0.3, 0.4) is 0 Å². The van der Waals surface area contributed by atoms with Gasteiger partial charge in [0.2, 0.25) is 11.8 Å². The van der Waals surface area contributed by atoms with Crippen molar-refractivity contribution in [2.75, 3.05) is 52.5 Å². The number of likely N-dealkylation sites (tertiary alicyclic amines) is 2. The first kappa shape index (κ1) is 19.4. The van der Waals surface area contributed by atoms with E-state index in [9.17, 15) is 9.59 Å². The van der Waals surface area contributed by atoms with E-state index in [0.717, 1.165) is 32.4 Å². The Balaban J connectivity index is 1.37. The summed E-state index contributed by atoms with van der Waals surface area (Å²) in [5.74, 6) is 0.446. The number of hydrogen-bond donors (Lipinski definition) is 0. The van der Waals surface area contributed by atoms with Crippen LogP contribution in [-0.2, 0) is 20.9 Å². The van der Waals surface area contributed by atoms with Crippen LogP contribution in [0.1, 0.15) is 30.4 Å². The number of ether oxygens (including phenoxy) is 1. The molecule has 6 nitrogen and oxygen atoms in total. The molecule has 0 aliphatic carbocycles. The van der Waals surface area contributed by atoms with Gasteiger partial charge in [-0.05, 0) is 38.3 Å². The van der Waals surface area contributed by atoms with Gasteiger partial charge in [0.05, 0.1) is 25.2 Å². The van der Waals surface area contributed by atoms with E-state index in [1.807, 2.05) is 9.80 Å². The van der Waals surface area contributed by atoms with Crippen LogP contribution < -0.4 is 0 Å². The molecule has 152 valence electrons. The summed E-state index contributed by atoms with van der Waals surface area (Å²) < 4.78 is 5.33. The Kier molecular flexibility index (Phi) is 5.69. The van der Waals surface area contributed by atoms with Gasteiger partial charge in [-0.1, -0.05) is 29.8 Å². The van der Waals surface area contributed by atoms with Gasteiger partial charge in [-0.25, -0.2) is 0 Å². The fourth-order valence-corrected chi connectivity index (χ4v) is 4.91. The summed E-state index contributed by atoms with van der Waals surface area (Å²) in [5, 5.41) is 0. The molecule has 0 bridgehead atoms. The highest BCUT2D eigenvalue weighted by Gasteiger charge is 2.48. The topological polar surface area (TPSA) is 53.1 Å². The second-order valence-electron chi connectivity index (χ2n) is 8.55. The number of carbonyl (C=O) groups excluding carboxylic acids is 2. The van der Waals surface area contributed by atoms with Crippen molar-refractivity contribution in [1.82, 2.24) is 14.7 Å². The first-order valence-corrected chi connectivity index (χ1v) is 10.5. The highest BCUT2D eigenvalue weighted by atomic mass is 16.5. The minimum atomic E-state index is -0.298. The average molecular weight is 386 g/mol. The van der Waals surface area contributed by atoms with Crippen LogP contribution in [0.2, 0.25) is 0 Å². The average Bonchev–Trinajstić information content (AvgIpc) is 3.10. The minimum Gasteiger partial charge on any atom is -0.378 e. The molecular formula is C22H31N3O3. The van der Waals surface area contributed by atoms with Crippen LogP contribution in [0.15, 0.2) is 24.3 Å². The third-order valence-corrected chi connectivity index (χ3v) is 6.44. The molecule has 1 aromatic rings.